The van der Waals surface area contributed by atoms with Gasteiger partial charge >= 0.3 is 0 Å². The summed E-state index contributed by atoms with van der Waals surface area (Å²) in [5.74, 6) is -0.143. The third-order valence-corrected chi connectivity index (χ3v) is 4.57. The molecule has 0 atom stereocenters. The molecule has 6 nitrogen and oxygen atoms in total. The number of nitroso groups, excluding NO2 is 1. The molecule has 27 heavy (non-hydrogen) atoms. The molecule has 3 N–H and O–H groups in total. The number of amides is 1. The standard InChI is InChI=1S/C21H30N4O2/c1-8-13(5)20-19(24-27)17(18(14(6)22)15(7)23)10-11-25(20)21(26)16(9-2)12(3)4/h9-12,22H,8,23H2,1-7H3/b16-9-,18-15+,20-13-,22-14?. The molecule has 0 unspecified atom stereocenters. The molecule has 1 aliphatic heterocycles. The van der Waals surface area contributed by atoms with Crippen LogP contribution in [0.5, 0.6) is 0 Å². The molecular formula is C21H30N4O2. The van der Waals surface area contributed by atoms with Crippen LogP contribution in [0.4, 0.5) is 0 Å². The van der Waals surface area contributed by atoms with Crippen LogP contribution >= 0.6 is 0 Å². The van der Waals surface area contributed by atoms with E-state index in [2.05, 4.69) is 5.18 Å². The molecule has 146 valence electrons. The number of nitrogens with zero attached hydrogens (tertiary/aromatic N) is 2. The molecule has 0 radical (unpaired) electrons. The van der Waals surface area contributed by atoms with Crippen molar-refractivity contribution >= 4 is 11.6 Å². The van der Waals surface area contributed by atoms with E-state index in [0.29, 0.717) is 34.5 Å². The lowest BCUT2D eigenvalue weighted by molar-refractivity contribution is -0.123. The van der Waals surface area contributed by atoms with Crippen LogP contribution in [0, 0.1) is 16.2 Å². The number of hydrogen-bond acceptors (Lipinski definition) is 5. The molecule has 0 aliphatic carbocycles. The van der Waals surface area contributed by atoms with E-state index in [1.54, 1.807) is 32.2 Å². The van der Waals surface area contributed by atoms with Crippen molar-refractivity contribution in [2.75, 3.05) is 0 Å². The summed E-state index contributed by atoms with van der Waals surface area (Å²) >= 11 is 0. The summed E-state index contributed by atoms with van der Waals surface area (Å²) in [4.78, 5) is 26.4. The number of allylic oxidation sites excluding steroid dienone is 6. The lowest BCUT2D eigenvalue weighted by atomic mass is 9.92. The highest BCUT2D eigenvalue weighted by atomic mass is 16.3. The van der Waals surface area contributed by atoms with Crippen molar-refractivity contribution in [2.45, 2.75) is 54.9 Å². The first-order chi connectivity index (χ1) is 12.6. The van der Waals surface area contributed by atoms with Crippen LogP contribution in [0.2, 0.25) is 0 Å². The number of nitrogens with one attached hydrogen (secondary N) is 1. The van der Waals surface area contributed by atoms with Gasteiger partial charge in [-0.15, -0.1) is 4.91 Å². The van der Waals surface area contributed by atoms with E-state index in [4.69, 9.17) is 11.1 Å². The fourth-order valence-electron chi connectivity index (χ4n) is 3.14. The van der Waals surface area contributed by atoms with E-state index in [1.807, 2.05) is 34.6 Å². The van der Waals surface area contributed by atoms with E-state index in [-0.39, 0.29) is 23.2 Å². The molecule has 0 aromatic carbocycles. The van der Waals surface area contributed by atoms with Gasteiger partial charge in [0.1, 0.15) is 5.70 Å². The second-order valence-electron chi connectivity index (χ2n) is 6.91. The second kappa shape index (κ2) is 9.26. The maximum Gasteiger partial charge on any atom is 0.258 e. The fraction of sp³-hybridized carbons (Fsp3) is 0.429. The predicted molar refractivity (Wildman–Crippen MR) is 111 cm³/mol. The molecule has 0 bridgehead atoms. The Balaban J connectivity index is 3.76. The minimum Gasteiger partial charge on any atom is -0.402 e. The van der Waals surface area contributed by atoms with E-state index < -0.39 is 0 Å². The van der Waals surface area contributed by atoms with E-state index in [1.165, 1.54) is 4.90 Å². The van der Waals surface area contributed by atoms with E-state index in [9.17, 15) is 9.70 Å². The maximum absolute atomic E-state index is 13.1. The molecule has 1 amide bonds. The molecule has 0 saturated carbocycles. The molecule has 0 aromatic heterocycles. The van der Waals surface area contributed by atoms with Gasteiger partial charge in [0.05, 0.1) is 5.70 Å². The van der Waals surface area contributed by atoms with Gasteiger partial charge in [0, 0.05) is 34.3 Å². The summed E-state index contributed by atoms with van der Waals surface area (Å²) in [6.45, 7) is 12.9. The highest BCUT2D eigenvalue weighted by molar-refractivity contribution is 6.02. The Morgan fingerprint density at radius 2 is 1.93 bits per heavy atom. The quantitative estimate of drug-likeness (QED) is 0.394. The Labute approximate surface area is 161 Å². The van der Waals surface area contributed by atoms with Gasteiger partial charge in [0.15, 0.2) is 0 Å². The van der Waals surface area contributed by atoms with Crippen LogP contribution in [-0.4, -0.2) is 16.5 Å². The van der Waals surface area contributed by atoms with E-state index in [0.717, 1.165) is 5.57 Å². The van der Waals surface area contributed by atoms with E-state index >= 15 is 0 Å². The molecular weight excluding hydrogens is 340 g/mol. The fourth-order valence-corrected chi connectivity index (χ4v) is 3.14. The minimum atomic E-state index is -0.187. The monoisotopic (exact) mass is 370 g/mol. The lowest BCUT2D eigenvalue weighted by Crippen LogP contribution is -2.32. The highest BCUT2D eigenvalue weighted by Gasteiger charge is 2.31. The smallest absolute Gasteiger partial charge is 0.258 e. The van der Waals surface area contributed by atoms with Crippen molar-refractivity contribution in [1.29, 1.82) is 5.41 Å². The Morgan fingerprint density at radius 3 is 2.30 bits per heavy atom. The van der Waals surface area contributed by atoms with Crippen molar-refractivity contribution in [3.63, 3.8) is 0 Å². The third kappa shape index (κ3) is 4.51. The molecule has 1 rings (SSSR count). The maximum atomic E-state index is 13.1. The zero-order chi connectivity index (χ0) is 20.9. The van der Waals surface area contributed by atoms with Gasteiger partial charge in [-0.05, 0) is 56.9 Å². The Hall–Kier alpha value is -2.76. The first kappa shape index (κ1) is 22.3. The molecule has 0 spiro atoms. The molecule has 1 heterocycles. The van der Waals surface area contributed by atoms with Gasteiger partial charge in [-0.3, -0.25) is 9.69 Å². The van der Waals surface area contributed by atoms with Crippen LogP contribution < -0.4 is 5.73 Å². The summed E-state index contributed by atoms with van der Waals surface area (Å²) < 4.78 is 0. The van der Waals surface area contributed by atoms with Crippen LogP contribution in [0.3, 0.4) is 0 Å². The Kier molecular flexibility index (Phi) is 7.64. The molecule has 0 saturated heterocycles. The first-order valence-electron chi connectivity index (χ1n) is 9.10. The van der Waals surface area contributed by atoms with Crippen molar-refractivity contribution in [3.8, 4) is 0 Å². The van der Waals surface area contributed by atoms with Gasteiger partial charge in [-0.2, -0.15) is 0 Å². The number of carbonyl (C=O) groups is 1. The zero-order valence-corrected chi connectivity index (χ0v) is 17.3. The first-order valence-corrected chi connectivity index (χ1v) is 9.10. The van der Waals surface area contributed by atoms with Crippen molar-refractivity contribution < 1.29 is 4.79 Å². The number of nitrogens with two attached hydrogens (primary N) is 1. The minimum absolute atomic E-state index is 0.0441. The summed E-state index contributed by atoms with van der Waals surface area (Å²) in [5, 5.41) is 11.3. The van der Waals surface area contributed by atoms with Crippen LogP contribution in [-0.2, 0) is 4.79 Å². The predicted octanol–water partition coefficient (Wildman–Crippen LogP) is 4.92. The average Bonchev–Trinajstić information content (AvgIpc) is 2.59. The van der Waals surface area contributed by atoms with Crippen LogP contribution in [0.1, 0.15) is 54.9 Å². The Bertz CT molecular complexity index is 804. The van der Waals surface area contributed by atoms with Gasteiger partial charge in [-0.1, -0.05) is 26.8 Å². The normalized spacial score (nSPS) is 17.9. The lowest BCUT2D eigenvalue weighted by Gasteiger charge is -2.30. The largest absolute Gasteiger partial charge is 0.402 e. The second-order valence-corrected chi connectivity index (χ2v) is 6.91. The van der Waals surface area contributed by atoms with Gasteiger partial charge in [0.2, 0.25) is 0 Å². The van der Waals surface area contributed by atoms with Crippen LogP contribution in [0.25, 0.3) is 0 Å². The number of rotatable bonds is 6. The van der Waals surface area contributed by atoms with Gasteiger partial charge in [-0.25, -0.2) is 0 Å². The summed E-state index contributed by atoms with van der Waals surface area (Å²) in [6, 6.07) is 0. The zero-order valence-electron chi connectivity index (χ0n) is 17.3. The van der Waals surface area contributed by atoms with Gasteiger partial charge < -0.3 is 11.1 Å². The van der Waals surface area contributed by atoms with Crippen molar-refractivity contribution in [3.05, 3.63) is 62.6 Å². The summed E-state index contributed by atoms with van der Waals surface area (Å²) in [6.07, 6.45) is 5.72. The average molecular weight is 370 g/mol. The summed E-state index contributed by atoms with van der Waals surface area (Å²) in [7, 11) is 0. The summed E-state index contributed by atoms with van der Waals surface area (Å²) in [5.41, 5.74) is 9.67. The van der Waals surface area contributed by atoms with Crippen LogP contribution in [0.15, 0.2) is 62.9 Å². The molecule has 1 aliphatic rings. The highest BCUT2D eigenvalue weighted by Crippen LogP contribution is 2.35. The topological polar surface area (TPSA) is 99.6 Å². The third-order valence-electron chi connectivity index (χ3n) is 4.57. The van der Waals surface area contributed by atoms with Crippen molar-refractivity contribution in [2.24, 2.45) is 16.8 Å². The molecule has 0 fully saturated rings. The SMILES string of the molecule is C/C=C(\C(=O)N1C=CC(C(/C(C)=N)=C(\C)N)=C(N=O)/C1=C(\C)CC)C(C)C. The molecule has 6 heteroatoms. The Morgan fingerprint density at radius 1 is 1.33 bits per heavy atom. The number of carbonyl (C=O) groups excluding carboxylic acids is 1. The molecule has 0 aromatic rings. The number of hydrogen-bond donors (Lipinski definition) is 2. The van der Waals surface area contributed by atoms with Gasteiger partial charge in [0.25, 0.3) is 5.91 Å². The van der Waals surface area contributed by atoms with Crippen molar-refractivity contribution in [1.82, 2.24) is 4.90 Å².